The van der Waals surface area contributed by atoms with E-state index in [2.05, 4.69) is 57.3 Å². The van der Waals surface area contributed by atoms with Crippen molar-refractivity contribution in [1.82, 2.24) is 0 Å². The fourth-order valence-corrected chi connectivity index (χ4v) is 2.72. The number of hydrogen-bond donors (Lipinski definition) is 1. The van der Waals surface area contributed by atoms with Gasteiger partial charge in [0.25, 0.3) is 0 Å². The summed E-state index contributed by atoms with van der Waals surface area (Å²) in [5, 5.41) is 2.96. The van der Waals surface area contributed by atoms with Crippen LogP contribution in [-0.4, -0.2) is 12.5 Å². The third-order valence-corrected chi connectivity index (χ3v) is 3.93. The van der Waals surface area contributed by atoms with Gasteiger partial charge in [-0.2, -0.15) is 0 Å². The van der Waals surface area contributed by atoms with E-state index < -0.39 is 0 Å². The number of anilines is 3. The first-order valence-electron chi connectivity index (χ1n) is 6.57. The minimum Gasteiger partial charge on any atom is -0.339 e. The smallest absolute Gasteiger partial charge is 0.226 e. The van der Waals surface area contributed by atoms with Crippen molar-refractivity contribution in [1.29, 1.82) is 0 Å². The molecule has 20 heavy (non-hydrogen) atoms. The molecule has 102 valence electrons. The van der Waals surface area contributed by atoms with Crippen LogP contribution in [0.15, 0.2) is 46.9 Å². The maximum absolute atomic E-state index is 11.8. The Morgan fingerprint density at radius 3 is 2.65 bits per heavy atom. The van der Waals surface area contributed by atoms with Crippen molar-refractivity contribution in [3.05, 3.63) is 52.5 Å². The first-order chi connectivity index (χ1) is 9.63. The zero-order chi connectivity index (χ0) is 14.1. The molecule has 0 radical (unpaired) electrons. The molecule has 0 fully saturated rings. The van der Waals surface area contributed by atoms with Gasteiger partial charge in [0.05, 0.1) is 11.4 Å². The predicted molar refractivity (Wildman–Crippen MR) is 85.6 cm³/mol. The molecule has 0 aliphatic carbocycles. The Bertz CT molecular complexity index is 652. The Morgan fingerprint density at radius 1 is 1.15 bits per heavy atom. The molecule has 0 saturated heterocycles. The highest BCUT2D eigenvalue weighted by Gasteiger charge is 2.20. The summed E-state index contributed by atoms with van der Waals surface area (Å²) < 4.78 is 1.00. The molecule has 2 aromatic carbocycles. The summed E-state index contributed by atoms with van der Waals surface area (Å²) in [7, 11) is 0. The van der Waals surface area contributed by atoms with Gasteiger partial charge in [-0.25, -0.2) is 0 Å². The minimum atomic E-state index is 0.0585. The third-order valence-electron chi connectivity index (χ3n) is 3.43. The lowest BCUT2D eigenvalue weighted by molar-refractivity contribution is -0.115. The molecule has 0 spiro atoms. The molecule has 1 aliphatic heterocycles. The first kappa shape index (κ1) is 13.2. The highest BCUT2D eigenvalue weighted by Crippen LogP contribution is 2.36. The number of fused-ring (bicyclic) bond motifs is 1. The fraction of sp³-hybridized carbons (Fsp3) is 0.188. The SMILES string of the molecule is Cc1ccc(N2CCC(=O)Nc3ccc(Br)cc32)cc1. The highest BCUT2D eigenvalue weighted by molar-refractivity contribution is 9.10. The van der Waals surface area contributed by atoms with E-state index in [0.29, 0.717) is 13.0 Å². The lowest BCUT2D eigenvalue weighted by Crippen LogP contribution is -2.18. The minimum absolute atomic E-state index is 0.0585. The number of nitrogens with zero attached hydrogens (tertiary/aromatic N) is 1. The number of benzene rings is 2. The Labute approximate surface area is 126 Å². The number of rotatable bonds is 1. The van der Waals surface area contributed by atoms with E-state index >= 15 is 0 Å². The van der Waals surface area contributed by atoms with Crippen LogP contribution in [0.4, 0.5) is 17.1 Å². The quantitative estimate of drug-likeness (QED) is 0.848. The number of aryl methyl sites for hydroxylation is 1. The number of carbonyl (C=O) groups excluding carboxylic acids is 1. The molecular weight excluding hydrogens is 316 g/mol. The van der Waals surface area contributed by atoms with Gasteiger partial charge in [-0.05, 0) is 37.3 Å². The van der Waals surface area contributed by atoms with Gasteiger partial charge in [-0.15, -0.1) is 0 Å². The first-order valence-corrected chi connectivity index (χ1v) is 7.36. The van der Waals surface area contributed by atoms with Gasteiger partial charge >= 0.3 is 0 Å². The molecule has 0 saturated carbocycles. The van der Waals surface area contributed by atoms with Gasteiger partial charge in [-0.1, -0.05) is 33.6 Å². The van der Waals surface area contributed by atoms with Crippen molar-refractivity contribution in [3.63, 3.8) is 0 Å². The lowest BCUT2D eigenvalue weighted by Gasteiger charge is -2.24. The topological polar surface area (TPSA) is 32.3 Å². The molecule has 1 amide bonds. The van der Waals surface area contributed by atoms with E-state index in [-0.39, 0.29) is 5.91 Å². The molecule has 0 atom stereocenters. The Kier molecular flexibility index (Phi) is 3.49. The van der Waals surface area contributed by atoms with E-state index in [9.17, 15) is 4.79 Å². The van der Waals surface area contributed by atoms with Crippen LogP contribution in [0.3, 0.4) is 0 Å². The molecule has 0 unspecified atom stereocenters. The van der Waals surface area contributed by atoms with Crippen LogP contribution in [0, 0.1) is 6.92 Å². The molecular formula is C16H15BrN2O. The number of hydrogen-bond acceptors (Lipinski definition) is 2. The second kappa shape index (κ2) is 5.29. The fourth-order valence-electron chi connectivity index (χ4n) is 2.37. The Balaban J connectivity index is 2.09. The maximum Gasteiger partial charge on any atom is 0.226 e. The second-order valence-corrected chi connectivity index (χ2v) is 5.86. The number of nitrogens with one attached hydrogen (secondary N) is 1. The zero-order valence-electron chi connectivity index (χ0n) is 11.2. The normalized spacial score (nSPS) is 14.5. The highest BCUT2D eigenvalue weighted by atomic mass is 79.9. The number of amides is 1. The van der Waals surface area contributed by atoms with E-state index in [1.54, 1.807) is 0 Å². The van der Waals surface area contributed by atoms with Crippen molar-refractivity contribution >= 4 is 38.9 Å². The Morgan fingerprint density at radius 2 is 1.90 bits per heavy atom. The van der Waals surface area contributed by atoms with E-state index in [4.69, 9.17) is 0 Å². The van der Waals surface area contributed by atoms with Crippen molar-refractivity contribution in [3.8, 4) is 0 Å². The Hall–Kier alpha value is -1.81. The van der Waals surface area contributed by atoms with Crippen molar-refractivity contribution < 1.29 is 4.79 Å². The van der Waals surface area contributed by atoms with E-state index in [0.717, 1.165) is 21.5 Å². The second-order valence-electron chi connectivity index (χ2n) is 4.95. The lowest BCUT2D eigenvalue weighted by atomic mass is 10.2. The molecule has 0 aromatic heterocycles. The summed E-state index contributed by atoms with van der Waals surface area (Å²) in [4.78, 5) is 14.0. The predicted octanol–water partition coefficient (Wildman–Crippen LogP) is 4.24. The summed E-state index contributed by atoms with van der Waals surface area (Å²) in [6.45, 7) is 2.75. The van der Waals surface area contributed by atoms with Crippen LogP contribution in [-0.2, 0) is 4.79 Å². The van der Waals surface area contributed by atoms with Crippen molar-refractivity contribution in [2.45, 2.75) is 13.3 Å². The summed E-state index contributed by atoms with van der Waals surface area (Å²) >= 11 is 3.50. The summed E-state index contributed by atoms with van der Waals surface area (Å²) in [5.74, 6) is 0.0585. The summed E-state index contributed by atoms with van der Waals surface area (Å²) in [5.41, 5.74) is 4.21. The average Bonchev–Trinajstić information content (AvgIpc) is 2.58. The molecule has 4 heteroatoms. The molecule has 1 heterocycles. The van der Waals surface area contributed by atoms with Crippen molar-refractivity contribution in [2.75, 3.05) is 16.8 Å². The monoisotopic (exact) mass is 330 g/mol. The van der Waals surface area contributed by atoms with Gasteiger partial charge in [0.2, 0.25) is 5.91 Å². The van der Waals surface area contributed by atoms with E-state index in [1.807, 2.05) is 18.2 Å². The van der Waals surface area contributed by atoms with Crippen molar-refractivity contribution in [2.24, 2.45) is 0 Å². The maximum atomic E-state index is 11.8. The van der Waals surface area contributed by atoms with Crippen LogP contribution in [0.2, 0.25) is 0 Å². The summed E-state index contributed by atoms with van der Waals surface area (Å²) in [6.07, 6.45) is 0.486. The van der Waals surface area contributed by atoms with Gasteiger partial charge in [0.15, 0.2) is 0 Å². The molecule has 0 bridgehead atoms. The third kappa shape index (κ3) is 2.56. The van der Waals surface area contributed by atoms with Crippen LogP contribution >= 0.6 is 15.9 Å². The largest absolute Gasteiger partial charge is 0.339 e. The molecule has 3 rings (SSSR count). The standard InChI is InChI=1S/C16H15BrN2O/c1-11-2-5-13(6-3-11)19-9-8-16(20)18-14-7-4-12(17)10-15(14)19/h2-7,10H,8-9H2,1H3,(H,18,20). The van der Waals surface area contributed by atoms with Crippen LogP contribution < -0.4 is 10.2 Å². The number of halogens is 1. The molecule has 1 N–H and O–H groups in total. The zero-order valence-corrected chi connectivity index (χ0v) is 12.8. The van der Waals surface area contributed by atoms with E-state index in [1.165, 1.54) is 5.56 Å². The van der Waals surface area contributed by atoms with Crippen LogP contribution in [0.1, 0.15) is 12.0 Å². The van der Waals surface area contributed by atoms with Crippen LogP contribution in [0.25, 0.3) is 0 Å². The molecule has 3 nitrogen and oxygen atoms in total. The number of carbonyl (C=O) groups is 1. The van der Waals surface area contributed by atoms with Gasteiger partial charge in [0, 0.05) is 23.1 Å². The molecule has 1 aliphatic rings. The summed E-state index contributed by atoms with van der Waals surface area (Å²) in [6, 6.07) is 14.3. The van der Waals surface area contributed by atoms with Gasteiger partial charge in [0.1, 0.15) is 0 Å². The van der Waals surface area contributed by atoms with Crippen LogP contribution in [0.5, 0.6) is 0 Å². The van der Waals surface area contributed by atoms with Gasteiger partial charge in [-0.3, -0.25) is 4.79 Å². The molecule has 2 aromatic rings. The average molecular weight is 331 g/mol. The van der Waals surface area contributed by atoms with Gasteiger partial charge < -0.3 is 10.2 Å².